The Labute approximate surface area is 199 Å². The van der Waals surface area contributed by atoms with Crippen LogP contribution in [0.25, 0.3) is 0 Å². The van der Waals surface area contributed by atoms with Gasteiger partial charge in [0.15, 0.2) is 5.60 Å². The van der Waals surface area contributed by atoms with Crippen LogP contribution in [0.3, 0.4) is 0 Å². The van der Waals surface area contributed by atoms with Crippen LogP contribution in [-0.2, 0) is 9.59 Å². The highest BCUT2D eigenvalue weighted by atomic mass is 19.1. The monoisotopic (exact) mass is 469 g/mol. The van der Waals surface area contributed by atoms with Crippen LogP contribution in [0.5, 0.6) is 5.75 Å². The summed E-state index contributed by atoms with van der Waals surface area (Å²) in [5.41, 5.74) is -0.819. The van der Waals surface area contributed by atoms with Gasteiger partial charge in [0.2, 0.25) is 5.91 Å². The van der Waals surface area contributed by atoms with Crippen molar-refractivity contribution in [2.45, 2.75) is 45.3 Å². The zero-order valence-corrected chi connectivity index (χ0v) is 20.1. The van der Waals surface area contributed by atoms with Crippen molar-refractivity contribution >= 4 is 17.7 Å². The smallest absolute Gasteiger partial charge is 0.264 e. The molecule has 1 aliphatic heterocycles. The van der Waals surface area contributed by atoms with E-state index in [0.717, 1.165) is 0 Å². The maximum atomic E-state index is 14.4. The number of likely N-dealkylation sites (N-methyl/N-ethyl adjacent to an activating group) is 1. The summed E-state index contributed by atoms with van der Waals surface area (Å²) in [6.07, 6.45) is 0.608. The maximum Gasteiger partial charge on any atom is 0.264 e. The number of carbonyl (C=O) groups excluding carboxylic acids is 3. The van der Waals surface area contributed by atoms with Crippen LogP contribution in [0.4, 0.5) is 4.39 Å². The number of para-hydroxylation sites is 1. The quantitative estimate of drug-likeness (QED) is 0.653. The highest BCUT2D eigenvalue weighted by molar-refractivity contribution is 5.98. The Hall–Kier alpha value is -3.42. The van der Waals surface area contributed by atoms with Crippen LogP contribution in [0.2, 0.25) is 0 Å². The predicted octanol–water partition coefficient (Wildman–Crippen LogP) is 3.07. The van der Waals surface area contributed by atoms with Gasteiger partial charge < -0.3 is 20.3 Å². The highest BCUT2D eigenvalue weighted by Crippen LogP contribution is 2.30. The molecule has 182 valence electrons. The topological polar surface area (TPSA) is 87.7 Å². The molecular formula is C26H32FN3O4. The molecule has 3 rings (SSSR count). The number of piperidine rings is 1. The number of nitrogens with zero attached hydrogens (tertiary/aromatic N) is 1. The molecule has 2 aromatic rings. The third-order valence-electron chi connectivity index (χ3n) is 6.24. The number of hydrogen-bond acceptors (Lipinski definition) is 4. The van der Waals surface area contributed by atoms with Crippen molar-refractivity contribution < 1.29 is 23.5 Å². The Morgan fingerprint density at radius 1 is 1.03 bits per heavy atom. The van der Waals surface area contributed by atoms with E-state index in [1.54, 1.807) is 43.1 Å². The van der Waals surface area contributed by atoms with Crippen molar-refractivity contribution in [1.82, 2.24) is 15.5 Å². The fraction of sp³-hybridized carbons (Fsp3) is 0.423. The van der Waals surface area contributed by atoms with Gasteiger partial charge in [0.05, 0.1) is 5.56 Å². The second kappa shape index (κ2) is 10.7. The molecule has 0 spiro atoms. The first-order chi connectivity index (χ1) is 16.2. The van der Waals surface area contributed by atoms with E-state index in [1.165, 1.54) is 6.07 Å². The molecule has 0 aromatic heterocycles. The Balaban J connectivity index is 1.72. The molecule has 1 fully saturated rings. The zero-order valence-electron chi connectivity index (χ0n) is 20.1. The minimum Gasteiger partial charge on any atom is -0.477 e. The van der Waals surface area contributed by atoms with Gasteiger partial charge in [-0.2, -0.15) is 0 Å². The summed E-state index contributed by atoms with van der Waals surface area (Å²) in [5, 5.41) is 5.39. The van der Waals surface area contributed by atoms with Crippen LogP contribution in [0.1, 0.15) is 42.6 Å². The lowest BCUT2D eigenvalue weighted by atomic mass is 9.89. The van der Waals surface area contributed by atoms with Gasteiger partial charge in [-0.1, -0.05) is 44.2 Å². The second-order valence-electron chi connectivity index (χ2n) is 8.95. The van der Waals surface area contributed by atoms with E-state index in [1.807, 2.05) is 32.0 Å². The fourth-order valence-corrected chi connectivity index (χ4v) is 4.16. The van der Waals surface area contributed by atoms with E-state index in [2.05, 4.69) is 10.6 Å². The largest absolute Gasteiger partial charge is 0.477 e. The Bertz CT molecular complexity index is 1030. The number of benzene rings is 2. The zero-order chi connectivity index (χ0) is 24.9. The molecule has 2 aromatic carbocycles. The van der Waals surface area contributed by atoms with Crippen molar-refractivity contribution in [2.75, 3.05) is 20.1 Å². The summed E-state index contributed by atoms with van der Waals surface area (Å²) < 4.78 is 20.5. The molecule has 1 aliphatic rings. The van der Waals surface area contributed by atoms with Crippen LogP contribution in [0.15, 0.2) is 48.5 Å². The van der Waals surface area contributed by atoms with Crippen LogP contribution in [0, 0.1) is 18.7 Å². The van der Waals surface area contributed by atoms with Gasteiger partial charge in [-0.05, 0) is 36.6 Å². The summed E-state index contributed by atoms with van der Waals surface area (Å²) in [5.74, 6) is -1.36. The molecular weight excluding hydrogens is 437 g/mol. The number of halogens is 1. The molecule has 1 heterocycles. The van der Waals surface area contributed by atoms with Crippen LogP contribution >= 0.6 is 0 Å². The van der Waals surface area contributed by atoms with Gasteiger partial charge in [-0.25, -0.2) is 4.39 Å². The number of ether oxygens (including phenoxy) is 1. The number of likely N-dealkylation sites (tertiary alicyclic amines) is 1. The number of rotatable bonds is 7. The summed E-state index contributed by atoms with van der Waals surface area (Å²) in [4.78, 5) is 40.5. The van der Waals surface area contributed by atoms with E-state index in [4.69, 9.17) is 4.74 Å². The first-order valence-electron chi connectivity index (χ1n) is 11.5. The molecule has 3 amide bonds. The van der Waals surface area contributed by atoms with E-state index >= 15 is 0 Å². The summed E-state index contributed by atoms with van der Waals surface area (Å²) >= 11 is 0. The van der Waals surface area contributed by atoms with Crippen molar-refractivity contribution in [3.63, 3.8) is 0 Å². The van der Waals surface area contributed by atoms with Gasteiger partial charge in [-0.15, -0.1) is 0 Å². The Kier molecular flexibility index (Phi) is 7.91. The van der Waals surface area contributed by atoms with Gasteiger partial charge in [0.1, 0.15) is 17.6 Å². The molecule has 0 radical (unpaired) electrons. The summed E-state index contributed by atoms with van der Waals surface area (Å²) in [6.45, 7) is 5.81. The molecule has 8 heteroatoms. The van der Waals surface area contributed by atoms with Gasteiger partial charge >= 0.3 is 0 Å². The number of amides is 3. The number of carbonyl (C=O) groups is 3. The number of aryl methyl sites for hydroxylation is 1. The summed E-state index contributed by atoms with van der Waals surface area (Å²) in [7, 11) is 1.56. The lowest BCUT2D eigenvalue weighted by Gasteiger charge is -2.41. The van der Waals surface area contributed by atoms with Gasteiger partial charge in [0.25, 0.3) is 11.8 Å². The maximum absolute atomic E-state index is 14.4. The van der Waals surface area contributed by atoms with E-state index < -0.39 is 23.4 Å². The second-order valence-corrected chi connectivity index (χ2v) is 8.95. The normalized spacial score (nSPS) is 16.0. The van der Waals surface area contributed by atoms with E-state index in [0.29, 0.717) is 24.2 Å². The first kappa shape index (κ1) is 25.2. The standard InChI is InChI=1S/C26H32FN3O4/c1-17(2)22(29-23(31)20-12-8-9-18(3)21(20)27)24(32)30-15-13-26(14-16-30,25(33)28-4)34-19-10-6-5-7-11-19/h5-12,17,22H,13-16H2,1-4H3,(H,28,33)(H,29,31)/t22-/m1/s1. The third kappa shape index (κ3) is 5.38. The number of nitrogens with one attached hydrogen (secondary N) is 2. The molecule has 0 saturated carbocycles. The Morgan fingerprint density at radius 2 is 1.68 bits per heavy atom. The molecule has 34 heavy (non-hydrogen) atoms. The van der Waals surface area contributed by atoms with Crippen molar-refractivity contribution in [3.8, 4) is 5.75 Å². The number of hydrogen-bond donors (Lipinski definition) is 2. The SMILES string of the molecule is CNC(=O)C1(Oc2ccccc2)CCN(C(=O)[C@H](NC(=O)c2cccc(C)c2F)C(C)C)CC1. The molecule has 0 bridgehead atoms. The molecule has 1 atom stereocenters. The summed E-state index contributed by atoms with van der Waals surface area (Å²) in [6, 6.07) is 12.9. The lowest BCUT2D eigenvalue weighted by molar-refractivity contribution is -0.147. The minimum absolute atomic E-state index is 0.0908. The van der Waals surface area contributed by atoms with Gasteiger partial charge in [0, 0.05) is 33.0 Å². The van der Waals surface area contributed by atoms with Crippen molar-refractivity contribution in [2.24, 2.45) is 5.92 Å². The molecule has 7 nitrogen and oxygen atoms in total. The molecule has 0 unspecified atom stereocenters. The van der Waals surface area contributed by atoms with Crippen LogP contribution < -0.4 is 15.4 Å². The predicted molar refractivity (Wildman–Crippen MR) is 127 cm³/mol. The lowest BCUT2D eigenvalue weighted by Crippen LogP contribution is -2.60. The molecule has 0 aliphatic carbocycles. The average molecular weight is 470 g/mol. The Morgan fingerprint density at radius 3 is 2.26 bits per heavy atom. The average Bonchev–Trinajstić information content (AvgIpc) is 2.84. The fourth-order valence-electron chi connectivity index (χ4n) is 4.16. The molecule has 1 saturated heterocycles. The van der Waals surface area contributed by atoms with Crippen molar-refractivity contribution in [3.05, 3.63) is 65.5 Å². The minimum atomic E-state index is -1.09. The first-order valence-corrected chi connectivity index (χ1v) is 11.5. The molecule has 2 N–H and O–H groups in total. The van der Waals surface area contributed by atoms with Crippen LogP contribution in [-0.4, -0.2) is 54.4 Å². The van der Waals surface area contributed by atoms with Gasteiger partial charge in [-0.3, -0.25) is 14.4 Å². The van der Waals surface area contributed by atoms with Crippen molar-refractivity contribution in [1.29, 1.82) is 0 Å². The van der Waals surface area contributed by atoms with E-state index in [-0.39, 0.29) is 36.4 Å². The van der Waals surface area contributed by atoms with E-state index in [9.17, 15) is 18.8 Å². The highest BCUT2D eigenvalue weighted by Gasteiger charge is 2.45. The third-order valence-corrected chi connectivity index (χ3v) is 6.24.